The molecule has 0 saturated heterocycles. The Bertz CT molecular complexity index is 551. The summed E-state index contributed by atoms with van der Waals surface area (Å²) in [4.78, 5) is 0. The Hall–Kier alpha value is -1.80. The molecule has 0 heterocycles. The van der Waals surface area contributed by atoms with Gasteiger partial charge in [-0.05, 0) is 37.6 Å². The Morgan fingerprint density at radius 1 is 0.950 bits per heavy atom. The molecule has 0 aliphatic carbocycles. The average Bonchev–Trinajstić information content (AvgIpc) is 2.47. The summed E-state index contributed by atoms with van der Waals surface area (Å²) in [5, 5.41) is 3.57. The van der Waals surface area contributed by atoms with Gasteiger partial charge >= 0.3 is 0 Å². The number of para-hydroxylation sites is 1. The number of aryl methyl sites for hydroxylation is 1. The number of benzene rings is 2. The SMILES string of the molecule is CCNC(c1ccccc1C)c1ccccc1OCC. The minimum atomic E-state index is 0.170. The summed E-state index contributed by atoms with van der Waals surface area (Å²) in [7, 11) is 0. The number of rotatable bonds is 6. The van der Waals surface area contributed by atoms with Gasteiger partial charge in [-0.3, -0.25) is 0 Å². The summed E-state index contributed by atoms with van der Waals surface area (Å²) in [6.07, 6.45) is 0. The van der Waals surface area contributed by atoms with Crippen LogP contribution in [0.15, 0.2) is 48.5 Å². The van der Waals surface area contributed by atoms with Crippen molar-refractivity contribution in [1.82, 2.24) is 5.32 Å². The molecule has 1 unspecified atom stereocenters. The Labute approximate surface area is 121 Å². The number of hydrogen-bond donors (Lipinski definition) is 1. The normalized spacial score (nSPS) is 12.2. The van der Waals surface area contributed by atoms with E-state index in [4.69, 9.17) is 4.74 Å². The van der Waals surface area contributed by atoms with Crippen LogP contribution in [0.3, 0.4) is 0 Å². The largest absolute Gasteiger partial charge is 0.494 e. The maximum absolute atomic E-state index is 5.79. The second kappa shape index (κ2) is 7.11. The lowest BCUT2D eigenvalue weighted by molar-refractivity contribution is 0.333. The van der Waals surface area contributed by atoms with Gasteiger partial charge in [0.1, 0.15) is 5.75 Å². The van der Waals surface area contributed by atoms with Crippen molar-refractivity contribution in [3.05, 3.63) is 65.2 Å². The summed E-state index contributed by atoms with van der Waals surface area (Å²) in [5.41, 5.74) is 3.80. The van der Waals surface area contributed by atoms with Crippen molar-refractivity contribution in [3.63, 3.8) is 0 Å². The Morgan fingerprint density at radius 3 is 2.25 bits per heavy atom. The molecular formula is C18H23NO. The molecule has 2 aromatic carbocycles. The van der Waals surface area contributed by atoms with Gasteiger partial charge in [-0.15, -0.1) is 0 Å². The highest BCUT2D eigenvalue weighted by atomic mass is 16.5. The van der Waals surface area contributed by atoms with Crippen LogP contribution in [0.4, 0.5) is 0 Å². The zero-order valence-corrected chi connectivity index (χ0v) is 12.5. The minimum Gasteiger partial charge on any atom is -0.494 e. The van der Waals surface area contributed by atoms with Gasteiger partial charge in [-0.2, -0.15) is 0 Å². The third kappa shape index (κ3) is 3.20. The third-order valence-electron chi connectivity index (χ3n) is 3.44. The smallest absolute Gasteiger partial charge is 0.124 e. The Balaban J connectivity index is 2.46. The second-order valence-electron chi connectivity index (χ2n) is 4.82. The highest BCUT2D eigenvalue weighted by molar-refractivity contribution is 5.43. The molecule has 2 heteroatoms. The van der Waals surface area contributed by atoms with Gasteiger partial charge in [0.2, 0.25) is 0 Å². The first-order valence-electron chi connectivity index (χ1n) is 7.28. The maximum Gasteiger partial charge on any atom is 0.124 e. The van der Waals surface area contributed by atoms with E-state index in [1.165, 1.54) is 16.7 Å². The molecule has 0 bridgehead atoms. The fraction of sp³-hybridized carbons (Fsp3) is 0.333. The molecule has 2 rings (SSSR count). The van der Waals surface area contributed by atoms with Gasteiger partial charge in [0.05, 0.1) is 12.6 Å². The van der Waals surface area contributed by atoms with E-state index in [2.05, 4.69) is 55.6 Å². The first-order valence-corrected chi connectivity index (χ1v) is 7.28. The fourth-order valence-corrected chi connectivity index (χ4v) is 2.51. The van der Waals surface area contributed by atoms with Crippen molar-refractivity contribution in [2.75, 3.05) is 13.2 Å². The van der Waals surface area contributed by atoms with Crippen LogP contribution in [0.5, 0.6) is 5.75 Å². The molecule has 0 aliphatic rings. The van der Waals surface area contributed by atoms with Gasteiger partial charge in [0.25, 0.3) is 0 Å². The van der Waals surface area contributed by atoms with Crippen molar-refractivity contribution in [2.45, 2.75) is 26.8 Å². The van der Waals surface area contributed by atoms with Crippen LogP contribution >= 0.6 is 0 Å². The first-order chi connectivity index (χ1) is 9.77. The van der Waals surface area contributed by atoms with Crippen molar-refractivity contribution in [1.29, 1.82) is 0 Å². The number of ether oxygens (including phenoxy) is 1. The second-order valence-corrected chi connectivity index (χ2v) is 4.82. The molecule has 2 nitrogen and oxygen atoms in total. The summed E-state index contributed by atoms with van der Waals surface area (Å²) in [6.45, 7) is 7.91. The van der Waals surface area contributed by atoms with E-state index in [1.807, 2.05) is 19.1 Å². The van der Waals surface area contributed by atoms with Crippen LogP contribution in [0.1, 0.15) is 36.6 Å². The molecule has 1 N–H and O–H groups in total. The number of hydrogen-bond acceptors (Lipinski definition) is 2. The van der Waals surface area contributed by atoms with Crippen LogP contribution < -0.4 is 10.1 Å². The summed E-state index contributed by atoms with van der Waals surface area (Å²) in [6, 6.07) is 17.0. The lowest BCUT2D eigenvalue weighted by Crippen LogP contribution is -2.23. The Morgan fingerprint density at radius 2 is 1.60 bits per heavy atom. The lowest BCUT2D eigenvalue weighted by atomic mass is 9.94. The standard InChI is InChI=1S/C18H23NO/c1-4-19-18(15-11-7-6-10-14(15)3)16-12-8-9-13-17(16)20-5-2/h6-13,18-19H,4-5H2,1-3H3. The van der Waals surface area contributed by atoms with E-state index in [1.54, 1.807) is 0 Å². The van der Waals surface area contributed by atoms with Gasteiger partial charge < -0.3 is 10.1 Å². The van der Waals surface area contributed by atoms with Crippen molar-refractivity contribution in [3.8, 4) is 5.75 Å². The van der Waals surface area contributed by atoms with Gasteiger partial charge in [0.15, 0.2) is 0 Å². The quantitative estimate of drug-likeness (QED) is 0.852. The molecule has 0 spiro atoms. The Kier molecular flexibility index (Phi) is 5.19. The van der Waals surface area contributed by atoms with Crippen LogP contribution in [-0.2, 0) is 0 Å². The predicted octanol–water partition coefficient (Wildman–Crippen LogP) is 4.09. The molecule has 0 amide bonds. The molecule has 0 fully saturated rings. The zero-order chi connectivity index (χ0) is 14.4. The van der Waals surface area contributed by atoms with Crippen LogP contribution in [0, 0.1) is 6.92 Å². The summed E-state index contributed by atoms with van der Waals surface area (Å²) >= 11 is 0. The number of nitrogens with one attached hydrogen (secondary N) is 1. The van der Waals surface area contributed by atoms with Gasteiger partial charge in [-0.25, -0.2) is 0 Å². The predicted molar refractivity (Wildman–Crippen MR) is 84.3 cm³/mol. The monoisotopic (exact) mass is 269 g/mol. The van der Waals surface area contributed by atoms with Crippen LogP contribution in [0.25, 0.3) is 0 Å². The molecule has 0 radical (unpaired) electrons. The summed E-state index contributed by atoms with van der Waals surface area (Å²) in [5.74, 6) is 0.962. The van der Waals surface area contributed by atoms with Gasteiger partial charge in [-0.1, -0.05) is 49.4 Å². The highest BCUT2D eigenvalue weighted by Crippen LogP contribution is 2.31. The first kappa shape index (κ1) is 14.6. The zero-order valence-electron chi connectivity index (χ0n) is 12.5. The molecule has 0 aromatic heterocycles. The lowest BCUT2D eigenvalue weighted by Gasteiger charge is -2.23. The highest BCUT2D eigenvalue weighted by Gasteiger charge is 2.18. The minimum absolute atomic E-state index is 0.170. The van der Waals surface area contributed by atoms with E-state index in [9.17, 15) is 0 Å². The van der Waals surface area contributed by atoms with E-state index < -0.39 is 0 Å². The van der Waals surface area contributed by atoms with Crippen molar-refractivity contribution in [2.24, 2.45) is 0 Å². The average molecular weight is 269 g/mol. The van der Waals surface area contributed by atoms with E-state index >= 15 is 0 Å². The molecule has 0 aliphatic heterocycles. The maximum atomic E-state index is 5.79. The van der Waals surface area contributed by atoms with Crippen molar-refractivity contribution < 1.29 is 4.74 Å². The molecule has 1 atom stereocenters. The van der Waals surface area contributed by atoms with Crippen LogP contribution in [0.2, 0.25) is 0 Å². The molecule has 0 saturated carbocycles. The molecular weight excluding hydrogens is 246 g/mol. The van der Waals surface area contributed by atoms with E-state index in [-0.39, 0.29) is 6.04 Å². The van der Waals surface area contributed by atoms with Crippen molar-refractivity contribution >= 4 is 0 Å². The molecule has 20 heavy (non-hydrogen) atoms. The topological polar surface area (TPSA) is 21.3 Å². The summed E-state index contributed by atoms with van der Waals surface area (Å²) < 4.78 is 5.79. The van der Waals surface area contributed by atoms with Crippen LogP contribution in [-0.4, -0.2) is 13.2 Å². The molecule has 106 valence electrons. The van der Waals surface area contributed by atoms with E-state index in [0.717, 1.165) is 12.3 Å². The van der Waals surface area contributed by atoms with Gasteiger partial charge in [0, 0.05) is 5.56 Å². The molecule has 2 aromatic rings. The van der Waals surface area contributed by atoms with E-state index in [0.29, 0.717) is 6.61 Å². The fourth-order valence-electron chi connectivity index (χ4n) is 2.51. The third-order valence-corrected chi connectivity index (χ3v) is 3.44.